The van der Waals surface area contributed by atoms with Crippen molar-refractivity contribution in [2.45, 2.75) is 19.2 Å². The minimum Gasteiger partial charge on any atom is -0.454 e. The van der Waals surface area contributed by atoms with Crippen LogP contribution in [0.1, 0.15) is 12.8 Å². The highest BCUT2D eigenvalue weighted by atomic mass is 32.2. The van der Waals surface area contributed by atoms with Crippen molar-refractivity contribution >= 4 is 27.3 Å². The number of halogens is 3. The van der Waals surface area contributed by atoms with Gasteiger partial charge in [0.1, 0.15) is 5.75 Å². The number of rotatable bonds is 8. The van der Waals surface area contributed by atoms with Gasteiger partial charge in [-0.3, -0.25) is 9.10 Å². The quantitative estimate of drug-likeness (QED) is 0.648. The van der Waals surface area contributed by atoms with E-state index in [1.807, 2.05) is 0 Å². The summed E-state index contributed by atoms with van der Waals surface area (Å²) in [7, 11) is -3.61. The first kappa shape index (κ1) is 22.5. The molecule has 168 valence electrons. The third-order valence-electron chi connectivity index (χ3n) is 4.18. The SMILES string of the molecule is CS(=O)(=O)N(CCCC(=O)Nc1ccc(OC(F)(F)F)cc1)c1ccc2c(c1)OCO2. The summed E-state index contributed by atoms with van der Waals surface area (Å²) in [5, 5.41) is 2.54. The molecular weight excluding hydrogens is 441 g/mol. The lowest BCUT2D eigenvalue weighted by atomic mass is 10.2. The van der Waals surface area contributed by atoms with Crippen LogP contribution < -0.4 is 23.8 Å². The molecule has 0 saturated heterocycles. The highest BCUT2D eigenvalue weighted by Crippen LogP contribution is 2.36. The van der Waals surface area contributed by atoms with Crippen LogP contribution in [-0.2, 0) is 14.8 Å². The minimum atomic E-state index is -4.80. The zero-order chi connectivity index (χ0) is 22.6. The number of hydrogen-bond donors (Lipinski definition) is 1. The van der Waals surface area contributed by atoms with Crippen LogP contribution >= 0.6 is 0 Å². The molecular formula is C19H19F3N2O6S. The number of benzene rings is 2. The molecule has 0 unspecified atom stereocenters. The largest absolute Gasteiger partial charge is 0.573 e. The third-order valence-corrected chi connectivity index (χ3v) is 5.38. The zero-order valence-electron chi connectivity index (χ0n) is 16.3. The number of nitrogens with zero attached hydrogens (tertiary/aromatic N) is 1. The Balaban J connectivity index is 1.55. The summed E-state index contributed by atoms with van der Waals surface area (Å²) in [6.45, 7) is 0.103. The van der Waals surface area contributed by atoms with Crippen LogP contribution in [0.4, 0.5) is 24.5 Å². The molecule has 0 radical (unpaired) electrons. The van der Waals surface area contributed by atoms with Gasteiger partial charge in [0.2, 0.25) is 22.7 Å². The molecule has 1 N–H and O–H groups in total. The van der Waals surface area contributed by atoms with Crippen molar-refractivity contribution in [2.24, 2.45) is 0 Å². The fraction of sp³-hybridized carbons (Fsp3) is 0.316. The van der Waals surface area contributed by atoms with E-state index in [1.165, 1.54) is 12.1 Å². The molecule has 8 nitrogen and oxygen atoms in total. The molecule has 2 aromatic rings. The molecule has 31 heavy (non-hydrogen) atoms. The van der Waals surface area contributed by atoms with Gasteiger partial charge in [-0.05, 0) is 42.8 Å². The van der Waals surface area contributed by atoms with Gasteiger partial charge in [0.05, 0.1) is 11.9 Å². The fourth-order valence-electron chi connectivity index (χ4n) is 2.87. The lowest BCUT2D eigenvalue weighted by Crippen LogP contribution is -2.31. The van der Waals surface area contributed by atoms with Crippen molar-refractivity contribution in [2.75, 3.05) is 29.2 Å². The topological polar surface area (TPSA) is 94.2 Å². The highest BCUT2D eigenvalue weighted by Gasteiger charge is 2.31. The number of alkyl halides is 3. The van der Waals surface area contributed by atoms with Crippen molar-refractivity contribution in [3.63, 3.8) is 0 Å². The van der Waals surface area contributed by atoms with Gasteiger partial charge in [-0.1, -0.05) is 0 Å². The molecule has 0 spiro atoms. The molecule has 1 heterocycles. The zero-order valence-corrected chi connectivity index (χ0v) is 17.1. The molecule has 0 aromatic heterocycles. The molecule has 0 saturated carbocycles. The summed E-state index contributed by atoms with van der Waals surface area (Å²) in [5.74, 6) is 0.131. The molecule has 1 amide bonds. The van der Waals surface area contributed by atoms with Gasteiger partial charge in [0.25, 0.3) is 0 Å². The Hall–Kier alpha value is -3.15. The average molecular weight is 460 g/mol. The maximum atomic E-state index is 12.2. The first-order valence-electron chi connectivity index (χ1n) is 9.04. The van der Waals surface area contributed by atoms with E-state index in [4.69, 9.17) is 9.47 Å². The Kier molecular flexibility index (Phi) is 6.48. The first-order chi connectivity index (χ1) is 14.5. The van der Waals surface area contributed by atoms with Gasteiger partial charge < -0.3 is 19.5 Å². The number of sulfonamides is 1. The predicted octanol–water partition coefficient (Wildman–Crippen LogP) is 3.50. The van der Waals surface area contributed by atoms with Crippen molar-refractivity contribution < 1.29 is 40.6 Å². The second-order valence-corrected chi connectivity index (χ2v) is 8.50. The van der Waals surface area contributed by atoms with Crippen molar-refractivity contribution in [1.82, 2.24) is 0 Å². The maximum absolute atomic E-state index is 12.2. The summed E-state index contributed by atoms with van der Waals surface area (Å²) in [4.78, 5) is 12.1. The van der Waals surface area contributed by atoms with Crippen LogP contribution in [0.25, 0.3) is 0 Å². The Morgan fingerprint density at radius 2 is 1.81 bits per heavy atom. The van der Waals surface area contributed by atoms with Crippen LogP contribution in [-0.4, -0.2) is 40.3 Å². The summed E-state index contributed by atoms with van der Waals surface area (Å²) < 4.78 is 76.3. The molecule has 1 aliphatic rings. The van der Waals surface area contributed by atoms with Crippen LogP contribution in [0.5, 0.6) is 17.2 Å². The molecule has 0 bridgehead atoms. The number of fused-ring (bicyclic) bond motifs is 1. The highest BCUT2D eigenvalue weighted by molar-refractivity contribution is 7.92. The number of nitrogens with one attached hydrogen (secondary N) is 1. The number of amides is 1. The third kappa shape index (κ3) is 6.41. The predicted molar refractivity (Wildman–Crippen MR) is 106 cm³/mol. The number of ether oxygens (including phenoxy) is 3. The van der Waals surface area contributed by atoms with Crippen molar-refractivity contribution in [3.8, 4) is 17.2 Å². The molecule has 0 aliphatic carbocycles. The van der Waals surface area contributed by atoms with E-state index in [0.29, 0.717) is 17.2 Å². The summed E-state index contributed by atoms with van der Waals surface area (Å²) in [6.07, 6.45) is -3.53. The summed E-state index contributed by atoms with van der Waals surface area (Å²) >= 11 is 0. The lowest BCUT2D eigenvalue weighted by molar-refractivity contribution is -0.274. The Morgan fingerprint density at radius 1 is 1.13 bits per heavy atom. The van der Waals surface area contributed by atoms with Crippen molar-refractivity contribution in [3.05, 3.63) is 42.5 Å². The van der Waals surface area contributed by atoms with Gasteiger partial charge >= 0.3 is 6.36 Å². The number of carbonyl (C=O) groups excluding carboxylic acids is 1. The number of anilines is 2. The van der Waals surface area contributed by atoms with Crippen LogP contribution in [0.3, 0.4) is 0 Å². The normalized spacial score (nSPS) is 13.0. The smallest absolute Gasteiger partial charge is 0.454 e. The molecule has 12 heteroatoms. The van der Waals surface area contributed by atoms with Crippen molar-refractivity contribution in [1.29, 1.82) is 0 Å². The summed E-state index contributed by atoms with van der Waals surface area (Å²) in [6, 6.07) is 9.44. The van der Waals surface area contributed by atoms with Crippen LogP contribution in [0.15, 0.2) is 42.5 Å². The number of hydrogen-bond acceptors (Lipinski definition) is 6. The van der Waals surface area contributed by atoms with Gasteiger partial charge in [-0.15, -0.1) is 13.2 Å². The summed E-state index contributed by atoms with van der Waals surface area (Å²) in [5.41, 5.74) is 0.669. The Labute approximate surface area is 176 Å². The van der Waals surface area contributed by atoms with E-state index in [-0.39, 0.29) is 31.9 Å². The monoisotopic (exact) mass is 460 g/mol. The van der Waals surface area contributed by atoms with Gasteiger partial charge in [-0.2, -0.15) is 0 Å². The van der Waals surface area contributed by atoms with E-state index < -0.39 is 28.0 Å². The second-order valence-electron chi connectivity index (χ2n) is 6.60. The van der Waals surface area contributed by atoms with E-state index in [0.717, 1.165) is 22.7 Å². The lowest BCUT2D eigenvalue weighted by Gasteiger charge is -2.22. The van der Waals surface area contributed by atoms with E-state index in [9.17, 15) is 26.4 Å². The maximum Gasteiger partial charge on any atom is 0.573 e. The molecule has 3 rings (SSSR count). The van der Waals surface area contributed by atoms with E-state index in [2.05, 4.69) is 10.1 Å². The fourth-order valence-corrected chi connectivity index (χ4v) is 3.83. The molecule has 1 aliphatic heterocycles. The minimum absolute atomic E-state index is 0.00260. The molecule has 2 aromatic carbocycles. The van der Waals surface area contributed by atoms with Gasteiger partial charge in [0.15, 0.2) is 11.5 Å². The first-order valence-corrected chi connectivity index (χ1v) is 10.9. The van der Waals surface area contributed by atoms with Gasteiger partial charge in [0, 0.05) is 24.7 Å². The average Bonchev–Trinajstić information content (AvgIpc) is 3.12. The second kappa shape index (κ2) is 8.92. The molecule has 0 fully saturated rings. The van der Waals surface area contributed by atoms with E-state index in [1.54, 1.807) is 18.2 Å². The van der Waals surface area contributed by atoms with E-state index >= 15 is 0 Å². The number of carbonyl (C=O) groups is 1. The van der Waals surface area contributed by atoms with Crippen LogP contribution in [0.2, 0.25) is 0 Å². The Bertz CT molecular complexity index is 1040. The standard InChI is InChI=1S/C19H19F3N2O6S/c1-31(26,27)24(14-6-9-16-17(11-14)29-12-28-16)10-2-3-18(25)23-13-4-7-15(8-5-13)30-19(20,21)22/h4-9,11H,2-3,10,12H2,1H3,(H,23,25). The van der Waals surface area contributed by atoms with Gasteiger partial charge in [-0.25, -0.2) is 8.42 Å². The Morgan fingerprint density at radius 3 is 2.45 bits per heavy atom. The molecule has 0 atom stereocenters. The van der Waals surface area contributed by atoms with Crippen LogP contribution in [0, 0.1) is 0 Å².